The molecule has 0 heterocycles. The lowest BCUT2D eigenvalue weighted by molar-refractivity contribution is 0.345. The molecule has 1 aromatic carbocycles. The second kappa shape index (κ2) is 11.7. The quantitative estimate of drug-likeness (QED) is 0.385. The van der Waals surface area contributed by atoms with Crippen LogP contribution in [-0.2, 0) is 0 Å². The Bertz CT molecular complexity index is 751. The summed E-state index contributed by atoms with van der Waals surface area (Å²) < 4.78 is 16.6. The molecule has 0 spiro atoms. The topological polar surface area (TPSA) is 27.7 Å². The Hall–Kier alpha value is -2.16. The van der Waals surface area contributed by atoms with E-state index in [9.17, 15) is 0 Å². The molecule has 29 heavy (non-hydrogen) atoms. The molecule has 1 atom stereocenters. The van der Waals surface area contributed by atoms with Crippen LogP contribution in [0, 0.1) is 0 Å². The Labute approximate surface area is 177 Å². The summed E-state index contributed by atoms with van der Waals surface area (Å²) >= 11 is 0. The molecule has 0 radical (unpaired) electrons. The summed E-state index contributed by atoms with van der Waals surface area (Å²) in [6.07, 6.45) is 15.1. The Morgan fingerprint density at radius 2 is 1.62 bits per heavy atom. The van der Waals surface area contributed by atoms with E-state index in [0.29, 0.717) is 11.7 Å². The van der Waals surface area contributed by atoms with Crippen molar-refractivity contribution in [1.82, 2.24) is 0 Å². The molecule has 1 aromatic rings. The standard InChI is InChI=1S/C26H38O3/c1-19(2)10-7-11-20(3)12-8-13-21-14-9-15-22(16-21)23-17-25(28-5)26(29-6)18-24(23)27-4/h10,12,14,17-18,22H,7-9,11,13,15-16H2,1-6H3/b20-12+. The van der Waals surface area contributed by atoms with E-state index in [1.165, 1.54) is 16.7 Å². The van der Waals surface area contributed by atoms with Crippen molar-refractivity contribution in [2.24, 2.45) is 0 Å². The molecular formula is C26H38O3. The van der Waals surface area contributed by atoms with Gasteiger partial charge in [-0.2, -0.15) is 0 Å². The molecule has 0 aromatic heterocycles. The monoisotopic (exact) mass is 398 g/mol. The maximum atomic E-state index is 5.67. The van der Waals surface area contributed by atoms with Gasteiger partial charge in [-0.25, -0.2) is 0 Å². The van der Waals surface area contributed by atoms with Gasteiger partial charge in [0.15, 0.2) is 11.5 Å². The van der Waals surface area contributed by atoms with Gasteiger partial charge in [0.2, 0.25) is 0 Å². The molecule has 1 unspecified atom stereocenters. The Morgan fingerprint density at radius 1 is 0.931 bits per heavy atom. The van der Waals surface area contributed by atoms with Crippen LogP contribution in [0.3, 0.4) is 0 Å². The van der Waals surface area contributed by atoms with Crippen LogP contribution in [0.5, 0.6) is 17.2 Å². The molecule has 1 aliphatic rings. The normalized spacial score (nSPS) is 16.8. The van der Waals surface area contributed by atoms with Gasteiger partial charge in [-0.05, 0) is 77.7 Å². The Morgan fingerprint density at radius 3 is 2.28 bits per heavy atom. The minimum absolute atomic E-state index is 0.465. The van der Waals surface area contributed by atoms with Gasteiger partial charge in [-0.1, -0.05) is 34.9 Å². The zero-order chi connectivity index (χ0) is 21.2. The zero-order valence-electron chi connectivity index (χ0n) is 19.1. The lowest BCUT2D eigenvalue weighted by Gasteiger charge is -2.25. The molecular weight excluding hydrogens is 360 g/mol. The summed E-state index contributed by atoms with van der Waals surface area (Å²) in [5.41, 5.74) is 5.69. The fraction of sp³-hybridized carbons (Fsp3) is 0.538. The van der Waals surface area contributed by atoms with Gasteiger partial charge in [-0.15, -0.1) is 0 Å². The van der Waals surface area contributed by atoms with E-state index in [1.807, 2.05) is 6.07 Å². The molecule has 1 aliphatic carbocycles. The van der Waals surface area contributed by atoms with E-state index >= 15 is 0 Å². The number of rotatable bonds is 10. The first-order valence-corrected chi connectivity index (χ1v) is 10.7. The van der Waals surface area contributed by atoms with Crippen LogP contribution < -0.4 is 14.2 Å². The van der Waals surface area contributed by atoms with E-state index in [1.54, 1.807) is 26.9 Å². The summed E-state index contributed by atoms with van der Waals surface area (Å²) in [5, 5.41) is 0. The van der Waals surface area contributed by atoms with E-state index in [0.717, 1.165) is 56.4 Å². The van der Waals surface area contributed by atoms with Crippen molar-refractivity contribution < 1.29 is 14.2 Å². The summed E-state index contributed by atoms with van der Waals surface area (Å²) in [4.78, 5) is 0. The lowest BCUT2D eigenvalue weighted by atomic mass is 9.82. The third kappa shape index (κ3) is 6.99. The number of ether oxygens (including phenoxy) is 3. The van der Waals surface area contributed by atoms with Crippen molar-refractivity contribution in [2.45, 2.75) is 71.6 Å². The van der Waals surface area contributed by atoms with E-state index in [4.69, 9.17) is 14.2 Å². The fourth-order valence-corrected chi connectivity index (χ4v) is 4.03. The predicted octanol–water partition coefficient (Wildman–Crippen LogP) is 7.38. The first kappa shape index (κ1) is 23.1. The molecule has 3 heteroatoms. The molecule has 0 bridgehead atoms. The minimum Gasteiger partial charge on any atom is -0.496 e. The van der Waals surface area contributed by atoms with Crippen molar-refractivity contribution in [3.05, 3.63) is 52.6 Å². The molecule has 0 amide bonds. The molecule has 0 N–H and O–H groups in total. The second-order valence-electron chi connectivity index (χ2n) is 8.20. The Kier molecular flexibility index (Phi) is 9.37. The highest BCUT2D eigenvalue weighted by atomic mass is 16.5. The predicted molar refractivity (Wildman–Crippen MR) is 122 cm³/mol. The Balaban J connectivity index is 2.00. The SMILES string of the molecule is COc1cc(OC)c(C2CCC=C(CC/C=C(\C)CCC=C(C)C)C2)cc1OC. The third-order valence-electron chi connectivity index (χ3n) is 5.68. The second-order valence-corrected chi connectivity index (χ2v) is 8.20. The molecule has 0 aliphatic heterocycles. The highest BCUT2D eigenvalue weighted by molar-refractivity contribution is 5.52. The van der Waals surface area contributed by atoms with Crippen molar-refractivity contribution in [3.8, 4) is 17.2 Å². The maximum absolute atomic E-state index is 5.67. The van der Waals surface area contributed by atoms with Crippen LogP contribution in [-0.4, -0.2) is 21.3 Å². The van der Waals surface area contributed by atoms with Crippen molar-refractivity contribution in [2.75, 3.05) is 21.3 Å². The van der Waals surface area contributed by atoms with E-state index in [-0.39, 0.29) is 0 Å². The molecule has 0 saturated carbocycles. The van der Waals surface area contributed by atoms with Crippen molar-refractivity contribution >= 4 is 0 Å². The van der Waals surface area contributed by atoms with E-state index in [2.05, 4.69) is 45.1 Å². The van der Waals surface area contributed by atoms with Crippen LogP contribution in [0.2, 0.25) is 0 Å². The third-order valence-corrected chi connectivity index (χ3v) is 5.68. The minimum atomic E-state index is 0.465. The van der Waals surface area contributed by atoms with Crippen LogP contribution in [0.15, 0.2) is 47.1 Å². The summed E-state index contributed by atoms with van der Waals surface area (Å²) in [6.45, 7) is 6.59. The average molecular weight is 399 g/mol. The molecule has 0 saturated heterocycles. The lowest BCUT2D eigenvalue weighted by Crippen LogP contribution is -2.08. The number of hydrogen-bond donors (Lipinski definition) is 0. The van der Waals surface area contributed by atoms with Gasteiger partial charge >= 0.3 is 0 Å². The molecule has 0 fully saturated rings. The number of benzene rings is 1. The summed E-state index contributed by atoms with van der Waals surface area (Å²) in [6, 6.07) is 4.04. The molecule has 3 nitrogen and oxygen atoms in total. The van der Waals surface area contributed by atoms with Gasteiger partial charge in [0, 0.05) is 11.6 Å². The maximum Gasteiger partial charge on any atom is 0.164 e. The first-order valence-electron chi connectivity index (χ1n) is 10.7. The van der Waals surface area contributed by atoms with Gasteiger partial charge < -0.3 is 14.2 Å². The van der Waals surface area contributed by atoms with Gasteiger partial charge in [0.1, 0.15) is 5.75 Å². The first-order chi connectivity index (χ1) is 14.0. The highest BCUT2D eigenvalue weighted by Gasteiger charge is 2.23. The highest BCUT2D eigenvalue weighted by Crippen LogP contribution is 2.43. The van der Waals surface area contributed by atoms with Gasteiger partial charge in [0.05, 0.1) is 21.3 Å². The summed E-state index contributed by atoms with van der Waals surface area (Å²) in [7, 11) is 5.08. The van der Waals surface area contributed by atoms with Crippen molar-refractivity contribution in [3.63, 3.8) is 0 Å². The van der Waals surface area contributed by atoms with E-state index < -0.39 is 0 Å². The molecule has 2 rings (SSSR count). The number of hydrogen-bond acceptors (Lipinski definition) is 3. The number of methoxy groups -OCH3 is 3. The largest absolute Gasteiger partial charge is 0.496 e. The molecule has 160 valence electrons. The van der Waals surface area contributed by atoms with Crippen molar-refractivity contribution in [1.29, 1.82) is 0 Å². The van der Waals surface area contributed by atoms with Gasteiger partial charge in [0.25, 0.3) is 0 Å². The smallest absolute Gasteiger partial charge is 0.164 e. The van der Waals surface area contributed by atoms with Crippen LogP contribution in [0.4, 0.5) is 0 Å². The van der Waals surface area contributed by atoms with Crippen LogP contribution in [0.25, 0.3) is 0 Å². The average Bonchev–Trinajstić information content (AvgIpc) is 2.72. The fourth-order valence-electron chi connectivity index (χ4n) is 4.03. The number of allylic oxidation sites excluding steroid dienone is 6. The zero-order valence-corrected chi connectivity index (χ0v) is 19.1. The van der Waals surface area contributed by atoms with Crippen LogP contribution in [0.1, 0.15) is 77.2 Å². The summed E-state index contributed by atoms with van der Waals surface area (Å²) in [5.74, 6) is 2.85. The van der Waals surface area contributed by atoms with Crippen LogP contribution >= 0.6 is 0 Å². The van der Waals surface area contributed by atoms with Gasteiger partial charge in [-0.3, -0.25) is 0 Å².